The average Bonchev–Trinajstić information content (AvgIpc) is 3.19. The Labute approximate surface area is 168 Å². The lowest BCUT2D eigenvalue weighted by Crippen LogP contribution is -2.46. The maximum absolute atomic E-state index is 13.0. The highest BCUT2D eigenvalue weighted by Gasteiger charge is 2.21. The Balaban J connectivity index is 1.32. The number of nitrogens with zero attached hydrogens (tertiary/aromatic N) is 4. The molecule has 0 unspecified atom stereocenters. The van der Waals surface area contributed by atoms with Gasteiger partial charge in [0, 0.05) is 44.7 Å². The van der Waals surface area contributed by atoms with E-state index in [1.807, 2.05) is 12.1 Å². The van der Waals surface area contributed by atoms with Gasteiger partial charge in [-0.2, -0.15) is 0 Å². The largest absolute Gasteiger partial charge is 0.496 e. The highest BCUT2D eigenvalue weighted by atomic mass is 32.1. The molecule has 7 heteroatoms. The summed E-state index contributed by atoms with van der Waals surface area (Å²) in [5, 5.41) is 10.6. The van der Waals surface area contributed by atoms with Gasteiger partial charge in [0.05, 0.1) is 7.11 Å². The molecule has 1 aromatic heterocycles. The SMILES string of the molecule is COc1ccccc1CN1CCN(c2nnc(Cc3ccc(F)cc3)s2)CC1. The number of hydrogen-bond donors (Lipinski definition) is 0. The first kappa shape index (κ1) is 18.8. The Morgan fingerprint density at radius 2 is 1.75 bits per heavy atom. The number of rotatable bonds is 6. The number of hydrogen-bond acceptors (Lipinski definition) is 6. The van der Waals surface area contributed by atoms with Crippen LogP contribution < -0.4 is 9.64 Å². The van der Waals surface area contributed by atoms with Crippen LogP contribution in [0.25, 0.3) is 0 Å². The van der Waals surface area contributed by atoms with Gasteiger partial charge >= 0.3 is 0 Å². The maximum Gasteiger partial charge on any atom is 0.208 e. The fraction of sp³-hybridized carbons (Fsp3) is 0.333. The van der Waals surface area contributed by atoms with Crippen LogP contribution in [0, 0.1) is 5.82 Å². The molecule has 4 rings (SSSR count). The molecule has 1 saturated heterocycles. The molecule has 2 aromatic carbocycles. The van der Waals surface area contributed by atoms with Gasteiger partial charge in [0.25, 0.3) is 0 Å². The van der Waals surface area contributed by atoms with E-state index in [1.165, 1.54) is 17.7 Å². The summed E-state index contributed by atoms with van der Waals surface area (Å²) in [5.74, 6) is 0.729. The monoisotopic (exact) mass is 398 g/mol. The highest BCUT2D eigenvalue weighted by molar-refractivity contribution is 7.15. The van der Waals surface area contributed by atoms with Crippen molar-refractivity contribution in [1.29, 1.82) is 0 Å². The molecule has 0 N–H and O–H groups in total. The van der Waals surface area contributed by atoms with Gasteiger partial charge in [-0.25, -0.2) is 4.39 Å². The van der Waals surface area contributed by atoms with Crippen LogP contribution in [-0.4, -0.2) is 48.4 Å². The quantitative estimate of drug-likeness (QED) is 0.635. The zero-order chi connectivity index (χ0) is 19.3. The summed E-state index contributed by atoms with van der Waals surface area (Å²) in [5.41, 5.74) is 2.27. The van der Waals surface area contributed by atoms with Gasteiger partial charge in [0.1, 0.15) is 16.6 Å². The van der Waals surface area contributed by atoms with Gasteiger partial charge in [-0.15, -0.1) is 10.2 Å². The summed E-state index contributed by atoms with van der Waals surface area (Å²) in [4.78, 5) is 4.74. The van der Waals surface area contributed by atoms with Crippen molar-refractivity contribution < 1.29 is 9.13 Å². The van der Waals surface area contributed by atoms with Crippen LogP contribution in [0.1, 0.15) is 16.1 Å². The van der Waals surface area contributed by atoms with Crippen LogP contribution in [0.3, 0.4) is 0 Å². The minimum Gasteiger partial charge on any atom is -0.496 e. The second kappa shape index (κ2) is 8.67. The second-order valence-electron chi connectivity index (χ2n) is 6.86. The molecule has 1 aliphatic rings. The van der Waals surface area contributed by atoms with Crippen molar-refractivity contribution >= 4 is 16.5 Å². The fourth-order valence-corrected chi connectivity index (χ4v) is 4.32. The molecular weight excluding hydrogens is 375 g/mol. The fourth-order valence-electron chi connectivity index (χ4n) is 3.39. The van der Waals surface area contributed by atoms with Crippen LogP contribution in [0.15, 0.2) is 48.5 Å². The van der Waals surface area contributed by atoms with Gasteiger partial charge in [0.2, 0.25) is 5.13 Å². The van der Waals surface area contributed by atoms with E-state index in [0.717, 1.165) is 54.2 Å². The Morgan fingerprint density at radius 1 is 1.00 bits per heavy atom. The van der Waals surface area contributed by atoms with Crippen LogP contribution in [0.4, 0.5) is 9.52 Å². The molecule has 0 atom stereocenters. The van der Waals surface area contributed by atoms with Crippen molar-refractivity contribution in [2.45, 2.75) is 13.0 Å². The van der Waals surface area contributed by atoms with Gasteiger partial charge in [-0.05, 0) is 23.8 Å². The molecule has 0 radical (unpaired) electrons. The number of methoxy groups -OCH3 is 1. The zero-order valence-electron chi connectivity index (χ0n) is 15.8. The normalized spacial score (nSPS) is 15.0. The van der Waals surface area contributed by atoms with Gasteiger partial charge in [-0.1, -0.05) is 41.7 Å². The predicted molar refractivity (Wildman–Crippen MR) is 110 cm³/mol. The van der Waals surface area contributed by atoms with E-state index >= 15 is 0 Å². The number of ether oxygens (including phenoxy) is 1. The van der Waals surface area contributed by atoms with E-state index in [1.54, 1.807) is 30.6 Å². The van der Waals surface area contributed by atoms with Crippen molar-refractivity contribution in [2.24, 2.45) is 0 Å². The minimum atomic E-state index is -0.215. The molecule has 0 amide bonds. The van der Waals surface area contributed by atoms with Gasteiger partial charge < -0.3 is 9.64 Å². The zero-order valence-corrected chi connectivity index (χ0v) is 16.7. The molecule has 28 heavy (non-hydrogen) atoms. The summed E-state index contributed by atoms with van der Waals surface area (Å²) in [6.45, 7) is 4.71. The van der Waals surface area contributed by atoms with Crippen LogP contribution in [0.5, 0.6) is 5.75 Å². The smallest absolute Gasteiger partial charge is 0.208 e. The molecule has 146 valence electrons. The number of para-hydroxylation sites is 1. The summed E-state index contributed by atoms with van der Waals surface area (Å²) in [7, 11) is 1.72. The summed E-state index contributed by atoms with van der Waals surface area (Å²) >= 11 is 1.62. The summed E-state index contributed by atoms with van der Waals surface area (Å²) < 4.78 is 18.5. The lowest BCUT2D eigenvalue weighted by molar-refractivity contribution is 0.246. The Hall–Kier alpha value is -2.51. The lowest BCUT2D eigenvalue weighted by Gasteiger charge is -2.34. The van der Waals surface area contributed by atoms with Crippen LogP contribution in [0.2, 0.25) is 0 Å². The van der Waals surface area contributed by atoms with E-state index < -0.39 is 0 Å². The molecule has 0 bridgehead atoms. The Morgan fingerprint density at radius 3 is 2.50 bits per heavy atom. The predicted octanol–water partition coefficient (Wildman–Crippen LogP) is 3.60. The first-order valence-electron chi connectivity index (χ1n) is 9.37. The third-order valence-corrected chi connectivity index (χ3v) is 5.94. The van der Waals surface area contributed by atoms with Crippen molar-refractivity contribution in [1.82, 2.24) is 15.1 Å². The maximum atomic E-state index is 13.0. The first-order valence-corrected chi connectivity index (χ1v) is 10.2. The van der Waals surface area contributed by atoms with Crippen molar-refractivity contribution in [2.75, 3.05) is 38.2 Å². The highest BCUT2D eigenvalue weighted by Crippen LogP contribution is 2.25. The van der Waals surface area contributed by atoms with Crippen molar-refractivity contribution in [3.63, 3.8) is 0 Å². The van der Waals surface area contributed by atoms with Crippen LogP contribution >= 0.6 is 11.3 Å². The Bertz CT molecular complexity index is 907. The van der Waals surface area contributed by atoms with E-state index in [9.17, 15) is 4.39 Å². The summed E-state index contributed by atoms with van der Waals surface area (Å²) in [6, 6.07) is 14.8. The number of anilines is 1. The number of halogens is 1. The molecule has 5 nitrogen and oxygen atoms in total. The molecule has 1 aliphatic heterocycles. The van der Waals surface area contributed by atoms with Crippen molar-refractivity contribution in [3.8, 4) is 5.75 Å². The van der Waals surface area contributed by atoms with Gasteiger partial charge in [-0.3, -0.25) is 4.90 Å². The minimum absolute atomic E-state index is 0.215. The molecule has 1 fully saturated rings. The van der Waals surface area contributed by atoms with E-state index in [0.29, 0.717) is 6.42 Å². The standard InChI is InChI=1S/C21H23FN4OS/c1-27-19-5-3-2-4-17(19)15-25-10-12-26(13-11-25)21-24-23-20(28-21)14-16-6-8-18(22)9-7-16/h2-9H,10-15H2,1H3. The number of benzene rings is 2. The molecule has 3 aromatic rings. The third kappa shape index (κ3) is 4.48. The second-order valence-corrected chi connectivity index (χ2v) is 7.90. The van der Waals surface area contributed by atoms with E-state index in [2.05, 4.69) is 32.1 Å². The van der Waals surface area contributed by atoms with Crippen molar-refractivity contribution in [3.05, 3.63) is 70.5 Å². The van der Waals surface area contributed by atoms with E-state index in [-0.39, 0.29) is 5.82 Å². The number of piperazine rings is 1. The Kier molecular flexibility index (Phi) is 5.83. The first-order chi connectivity index (χ1) is 13.7. The van der Waals surface area contributed by atoms with Gasteiger partial charge in [0.15, 0.2) is 0 Å². The molecule has 0 saturated carbocycles. The average molecular weight is 399 g/mol. The molecule has 2 heterocycles. The lowest BCUT2D eigenvalue weighted by atomic mass is 10.1. The molecule has 0 aliphatic carbocycles. The third-order valence-electron chi connectivity index (χ3n) is 4.95. The van der Waals surface area contributed by atoms with E-state index in [4.69, 9.17) is 4.74 Å². The topological polar surface area (TPSA) is 41.5 Å². The number of aromatic nitrogens is 2. The molecule has 0 spiro atoms. The summed E-state index contributed by atoms with van der Waals surface area (Å²) in [6.07, 6.45) is 0.686. The molecular formula is C21H23FN4OS. The van der Waals surface area contributed by atoms with Crippen LogP contribution in [-0.2, 0) is 13.0 Å².